The molecule has 2 aliphatic heterocycles. The minimum Gasteiger partial charge on any atom is -0.379 e. The number of rotatable bonds is 5. The van der Waals surface area contributed by atoms with Gasteiger partial charge in [-0.3, -0.25) is 5.43 Å². The summed E-state index contributed by atoms with van der Waals surface area (Å²) in [5, 5.41) is 20.8. The first-order valence-corrected chi connectivity index (χ1v) is 11.0. The topological polar surface area (TPSA) is 107 Å². The van der Waals surface area contributed by atoms with Crippen LogP contribution in [0.3, 0.4) is 0 Å². The molecule has 0 aromatic heterocycles. The van der Waals surface area contributed by atoms with E-state index in [0.717, 1.165) is 5.69 Å². The number of ether oxygens (including phenoxy) is 1. The molecule has 2 N–H and O–H groups in total. The standard InChI is InChI=1S/C20H23N5O4S/c1-15-19(20(26)25(23-15)17-7-3-2-4-8-17)22-21-16-6-5-9-18(14-16)30(27,28)24-10-12-29-13-11-24/h2-9,14,20-21,26H,10-13H2,1H3. The minimum atomic E-state index is -3.60. The molecule has 0 aliphatic carbocycles. The second kappa shape index (κ2) is 8.52. The van der Waals surface area contributed by atoms with Crippen molar-refractivity contribution in [2.75, 3.05) is 36.7 Å². The van der Waals surface area contributed by atoms with Crippen LogP contribution in [0.25, 0.3) is 0 Å². The lowest BCUT2D eigenvalue weighted by atomic mass is 10.2. The molecule has 1 atom stereocenters. The largest absolute Gasteiger partial charge is 0.379 e. The molecule has 0 radical (unpaired) electrons. The van der Waals surface area contributed by atoms with Gasteiger partial charge in [-0.05, 0) is 37.3 Å². The SMILES string of the molecule is CC1=NN(c2ccccc2)C(O)C1=NNc1cccc(S(=O)(=O)N2CCOCC2)c1. The van der Waals surface area contributed by atoms with Crippen molar-refractivity contribution >= 4 is 32.8 Å². The number of aliphatic hydroxyl groups is 1. The first-order chi connectivity index (χ1) is 14.5. The number of hydrogen-bond donors (Lipinski definition) is 2. The summed E-state index contributed by atoms with van der Waals surface area (Å²) in [7, 11) is -3.60. The lowest BCUT2D eigenvalue weighted by molar-refractivity contribution is 0.0730. The van der Waals surface area contributed by atoms with Gasteiger partial charge in [-0.1, -0.05) is 24.3 Å². The van der Waals surface area contributed by atoms with Gasteiger partial charge in [0, 0.05) is 13.1 Å². The summed E-state index contributed by atoms with van der Waals surface area (Å²) in [4.78, 5) is 0.179. The van der Waals surface area contributed by atoms with Crippen LogP contribution >= 0.6 is 0 Å². The zero-order chi connectivity index (χ0) is 21.1. The molecular formula is C20H23N5O4S. The van der Waals surface area contributed by atoms with Gasteiger partial charge in [-0.25, -0.2) is 13.4 Å². The summed E-state index contributed by atoms with van der Waals surface area (Å²) in [5.74, 6) is 0. The maximum atomic E-state index is 12.8. The van der Waals surface area contributed by atoms with Crippen LogP contribution in [0.4, 0.5) is 11.4 Å². The van der Waals surface area contributed by atoms with Crippen LogP contribution in [0.1, 0.15) is 6.92 Å². The fourth-order valence-corrected chi connectivity index (χ4v) is 4.73. The first kappa shape index (κ1) is 20.5. The second-order valence-corrected chi connectivity index (χ2v) is 8.83. The van der Waals surface area contributed by atoms with Crippen molar-refractivity contribution in [1.82, 2.24) is 4.31 Å². The van der Waals surface area contributed by atoms with Gasteiger partial charge in [0.25, 0.3) is 0 Å². The second-order valence-electron chi connectivity index (χ2n) is 6.89. The zero-order valence-electron chi connectivity index (χ0n) is 16.5. The Hall–Kier alpha value is -2.79. The lowest BCUT2D eigenvalue weighted by Gasteiger charge is -2.26. The highest BCUT2D eigenvalue weighted by molar-refractivity contribution is 7.89. The molecule has 2 aromatic carbocycles. The molecule has 0 saturated carbocycles. The minimum absolute atomic E-state index is 0.179. The zero-order valence-corrected chi connectivity index (χ0v) is 17.3. The van der Waals surface area contributed by atoms with E-state index in [4.69, 9.17) is 4.74 Å². The fourth-order valence-electron chi connectivity index (χ4n) is 3.28. The summed E-state index contributed by atoms with van der Waals surface area (Å²) in [6.07, 6.45) is -1.04. The van der Waals surface area contributed by atoms with E-state index in [9.17, 15) is 13.5 Å². The van der Waals surface area contributed by atoms with E-state index in [1.165, 1.54) is 15.4 Å². The molecule has 10 heteroatoms. The average Bonchev–Trinajstić information content (AvgIpc) is 3.07. The molecule has 9 nitrogen and oxygen atoms in total. The van der Waals surface area contributed by atoms with Gasteiger partial charge in [0.15, 0.2) is 6.23 Å². The molecule has 1 fully saturated rings. The van der Waals surface area contributed by atoms with Crippen LogP contribution in [0, 0.1) is 0 Å². The average molecular weight is 430 g/mol. The van der Waals surface area contributed by atoms with Crippen molar-refractivity contribution in [3.05, 3.63) is 54.6 Å². The Kier molecular flexibility index (Phi) is 5.82. The lowest BCUT2D eigenvalue weighted by Crippen LogP contribution is -2.40. The molecule has 2 heterocycles. The molecule has 1 saturated heterocycles. The van der Waals surface area contributed by atoms with Gasteiger partial charge < -0.3 is 9.84 Å². The summed E-state index contributed by atoms with van der Waals surface area (Å²) >= 11 is 0. The normalized spacial score (nSPS) is 21.7. The number of morpholine rings is 1. The number of benzene rings is 2. The summed E-state index contributed by atoms with van der Waals surface area (Å²) < 4.78 is 32.3. The number of nitrogens with one attached hydrogen (secondary N) is 1. The van der Waals surface area contributed by atoms with Crippen LogP contribution in [-0.2, 0) is 14.8 Å². The maximum Gasteiger partial charge on any atom is 0.243 e. The number of hydrazone groups is 2. The van der Waals surface area contributed by atoms with Crippen LogP contribution < -0.4 is 10.4 Å². The van der Waals surface area contributed by atoms with Crippen LogP contribution in [-0.4, -0.2) is 61.8 Å². The third-order valence-electron chi connectivity index (χ3n) is 4.87. The molecule has 4 rings (SSSR count). The number of para-hydroxylation sites is 1. The third-order valence-corrected chi connectivity index (χ3v) is 6.77. The van der Waals surface area contributed by atoms with Crippen molar-refractivity contribution in [2.45, 2.75) is 18.0 Å². The molecule has 0 spiro atoms. The molecular weight excluding hydrogens is 406 g/mol. The van der Waals surface area contributed by atoms with Crippen LogP contribution in [0.5, 0.6) is 0 Å². The van der Waals surface area contributed by atoms with E-state index in [1.807, 2.05) is 30.3 Å². The first-order valence-electron chi connectivity index (χ1n) is 9.56. The van der Waals surface area contributed by atoms with Gasteiger partial charge in [-0.15, -0.1) is 0 Å². The number of hydrogen-bond acceptors (Lipinski definition) is 8. The van der Waals surface area contributed by atoms with Crippen molar-refractivity contribution in [3.8, 4) is 0 Å². The highest BCUT2D eigenvalue weighted by Crippen LogP contribution is 2.23. The Balaban J connectivity index is 1.52. The van der Waals surface area contributed by atoms with E-state index in [1.54, 1.807) is 25.1 Å². The van der Waals surface area contributed by atoms with Crippen LogP contribution in [0.15, 0.2) is 69.7 Å². The maximum absolute atomic E-state index is 12.8. The van der Waals surface area contributed by atoms with E-state index >= 15 is 0 Å². The van der Waals surface area contributed by atoms with Crippen molar-refractivity contribution in [2.24, 2.45) is 10.2 Å². The number of nitrogens with zero attached hydrogens (tertiary/aromatic N) is 4. The summed E-state index contributed by atoms with van der Waals surface area (Å²) in [6, 6.07) is 15.7. The Bertz CT molecular complexity index is 1070. The summed E-state index contributed by atoms with van der Waals surface area (Å²) in [6.45, 7) is 3.20. The van der Waals surface area contributed by atoms with Gasteiger partial charge >= 0.3 is 0 Å². The van der Waals surface area contributed by atoms with Gasteiger partial charge in [0.2, 0.25) is 10.0 Å². The highest BCUT2D eigenvalue weighted by Gasteiger charge is 2.31. The molecule has 0 bridgehead atoms. The molecule has 2 aliphatic rings. The Morgan fingerprint density at radius 2 is 1.87 bits per heavy atom. The smallest absolute Gasteiger partial charge is 0.243 e. The Morgan fingerprint density at radius 1 is 1.13 bits per heavy atom. The van der Waals surface area contributed by atoms with E-state index < -0.39 is 16.3 Å². The number of aliphatic hydroxyl groups excluding tert-OH is 1. The highest BCUT2D eigenvalue weighted by atomic mass is 32.2. The number of sulfonamides is 1. The predicted molar refractivity (Wildman–Crippen MR) is 115 cm³/mol. The van der Waals surface area contributed by atoms with Crippen molar-refractivity contribution < 1.29 is 18.3 Å². The molecule has 0 amide bonds. The fraction of sp³-hybridized carbons (Fsp3) is 0.300. The van der Waals surface area contributed by atoms with Gasteiger partial charge in [-0.2, -0.15) is 14.5 Å². The van der Waals surface area contributed by atoms with Gasteiger partial charge in [0.05, 0.1) is 35.2 Å². The van der Waals surface area contributed by atoms with E-state index in [-0.39, 0.29) is 4.90 Å². The number of anilines is 2. The monoisotopic (exact) mass is 429 g/mol. The van der Waals surface area contributed by atoms with Crippen LogP contribution in [0.2, 0.25) is 0 Å². The molecule has 158 valence electrons. The molecule has 2 aromatic rings. The van der Waals surface area contributed by atoms with Crippen molar-refractivity contribution in [1.29, 1.82) is 0 Å². The molecule has 1 unspecified atom stereocenters. The predicted octanol–water partition coefficient (Wildman–Crippen LogP) is 1.69. The summed E-state index contributed by atoms with van der Waals surface area (Å²) in [5.41, 5.74) is 5.01. The van der Waals surface area contributed by atoms with E-state index in [2.05, 4.69) is 15.6 Å². The third kappa shape index (κ3) is 4.08. The quantitative estimate of drug-likeness (QED) is 0.701. The molecule has 30 heavy (non-hydrogen) atoms. The van der Waals surface area contributed by atoms with Crippen molar-refractivity contribution in [3.63, 3.8) is 0 Å². The van der Waals surface area contributed by atoms with Gasteiger partial charge in [0.1, 0.15) is 5.71 Å². The Morgan fingerprint density at radius 3 is 2.60 bits per heavy atom. The van der Waals surface area contributed by atoms with E-state index in [0.29, 0.717) is 43.4 Å². The Labute approximate surface area is 175 Å².